The fraction of sp³-hybridized carbons (Fsp3) is 0.286. The molecule has 3 aromatic carbocycles. The molecule has 1 amide bonds. The Morgan fingerprint density at radius 3 is 2.54 bits per heavy atom. The third kappa shape index (κ3) is 6.83. The van der Waals surface area contributed by atoms with Crippen LogP contribution in [-0.2, 0) is 20.7 Å². The number of nitrogens with one attached hydrogen (secondary N) is 1. The molecule has 0 spiro atoms. The lowest BCUT2D eigenvalue weighted by molar-refractivity contribution is -0.145. The lowest BCUT2D eigenvalue weighted by Crippen LogP contribution is -2.37. The molecule has 2 unspecified atom stereocenters. The molecular weight excluding hydrogens is 562 g/mol. The maximum atomic E-state index is 12.8. The molecule has 0 bridgehead atoms. The normalized spacial score (nSPS) is 15.2. The predicted octanol–water partition coefficient (Wildman–Crippen LogP) is 6.27. The van der Waals surface area contributed by atoms with Gasteiger partial charge in [-0.25, -0.2) is 0 Å². The number of ether oxygens (including phenoxy) is 4. The van der Waals surface area contributed by atoms with E-state index in [1.54, 1.807) is 50.4 Å². The molecule has 2 atom stereocenters. The van der Waals surface area contributed by atoms with Crippen LogP contribution in [0, 0.1) is 0 Å². The third-order valence-corrected chi connectivity index (χ3v) is 6.75. The van der Waals surface area contributed by atoms with E-state index in [4.69, 9.17) is 30.5 Å². The molecule has 7 nitrogen and oxygen atoms in total. The first-order valence-corrected chi connectivity index (χ1v) is 13.0. The number of carbonyl (C=O) groups is 2. The van der Waals surface area contributed by atoms with Gasteiger partial charge < -0.3 is 24.3 Å². The smallest absolute Gasteiger partial charge is 0.313 e. The number of amides is 1. The second kappa shape index (κ2) is 12.4. The lowest BCUT2D eigenvalue weighted by Gasteiger charge is -2.25. The Morgan fingerprint density at radius 1 is 1.14 bits per heavy atom. The van der Waals surface area contributed by atoms with Crippen LogP contribution in [0.5, 0.6) is 17.2 Å². The quantitative estimate of drug-likeness (QED) is 0.234. The standard InChI is InChI=1S/C28H27BrClNO6/c1-3-35-28(33)21-12-13-36-24-16-25(23(30)15-22(21)24)37-20-10-6-18(7-11-20)27(32)31-26(34-2)14-17-4-8-19(29)9-5-17/h4-11,15-16,21,26H,3,12-14H2,1-2H3,(H,31,32). The van der Waals surface area contributed by atoms with Crippen molar-refractivity contribution in [1.82, 2.24) is 5.32 Å². The van der Waals surface area contributed by atoms with E-state index in [-0.39, 0.29) is 11.9 Å². The lowest BCUT2D eigenvalue weighted by atomic mass is 9.93. The summed E-state index contributed by atoms with van der Waals surface area (Å²) < 4.78 is 23.3. The van der Waals surface area contributed by atoms with Crippen molar-refractivity contribution in [3.05, 3.63) is 86.8 Å². The summed E-state index contributed by atoms with van der Waals surface area (Å²) in [5.74, 6) is 0.438. The van der Waals surface area contributed by atoms with Gasteiger partial charge >= 0.3 is 5.97 Å². The van der Waals surface area contributed by atoms with Gasteiger partial charge in [0.2, 0.25) is 0 Å². The first kappa shape index (κ1) is 27.0. The van der Waals surface area contributed by atoms with E-state index in [1.165, 1.54) is 0 Å². The van der Waals surface area contributed by atoms with Crippen LogP contribution in [0.15, 0.2) is 65.1 Å². The summed E-state index contributed by atoms with van der Waals surface area (Å²) in [7, 11) is 1.56. The molecule has 1 aliphatic rings. The van der Waals surface area contributed by atoms with Gasteiger partial charge in [0.25, 0.3) is 5.91 Å². The minimum Gasteiger partial charge on any atom is -0.493 e. The zero-order valence-corrected chi connectivity index (χ0v) is 22.8. The van der Waals surface area contributed by atoms with Crippen molar-refractivity contribution in [2.45, 2.75) is 31.9 Å². The highest BCUT2D eigenvalue weighted by Crippen LogP contribution is 2.42. The van der Waals surface area contributed by atoms with E-state index in [0.29, 0.717) is 59.5 Å². The van der Waals surface area contributed by atoms with E-state index in [2.05, 4.69) is 21.2 Å². The number of hydrogen-bond donors (Lipinski definition) is 1. The van der Waals surface area contributed by atoms with Crippen molar-refractivity contribution in [2.24, 2.45) is 0 Å². The number of esters is 1. The Morgan fingerprint density at radius 2 is 1.86 bits per heavy atom. The average molecular weight is 589 g/mol. The molecule has 3 aromatic rings. The summed E-state index contributed by atoms with van der Waals surface area (Å²) in [6.45, 7) is 2.48. The summed E-state index contributed by atoms with van der Waals surface area (Å²) in [4.78, 5) is 25.1. The first-order chi connectivity index (χ1) is 17.9. The van der Waals surface area contributed by atoms with Crippen molar-refractivity contribution in [1.29, 1.82) is 0 Å². The van der Waals surface area contributed by atoms with Crippen molar-refractivity contribution in [3.8, 4) is 17.2 Å². The molecule has 9 heteroatoms. The second-order valence-electron chi connectivity index (χ2n) is 8.42. The Labute approximate surface area is 229 Å². The molecule has 0 radical (unpaired) electrons. The average Bonchev–Trinajstić information content (AvgIpc) is 2.90. The number of carbonyl (C=O) groups excluding carboxylic acids is 2. The van der Waals surface area contributed by atoms with Gasteiger partial charge in [-0.05, 0) is 61.4 Å². The summed E-state index contributed by atoms with van der Waals surface area (Å²) in [5, 5.41) is 3.24. The van der Waals surface area contributed by atoms with Crippen LogP contribution in [0.25, 0.3) is 0 Å². The van der Waals surface area contributed by atoms with Crippen LogP contribution >= 0.6 is 27.5 Å². The Kier molecular flexibility index (Phi) is 9.08. The van der Waals surface area contributed by atoms with Crippen molar-refractivity contribution < 1.29 is 28.5 Å². The van der Waals surface area contributed by atoms with Crippen LogP contribution in [-0.4, -0.2) is 38.4 Å². The minimum absolute atomic E-state index is 0.263. The van der Waals surface area contributed by atoms with Crippen LogP contribution in [0.2, 0.25) is 5.02 Å². The highest BCUT2D eigenvalue weighted by Gasteiger charge is 2.30. The molecular formula is C28H27BrClNO6. The molecule has 0 saturated carbocycles. The van der Waals surface area contributed by atoms with Gasteiger partial charge in [0.05, 0.1) is 24.2 Å². The molecule has 194 valence electrons. The molecule has 0 aliphatic carbocycles. The maximum absolute atomic E-state index is 12.8. The Balaban J connectivity index is 1.41. The van der Waals surface area contributed by atoms with E-state index in [0.717, 1.165) is 10.0 Å². The first-order valence-electron chi connectivity index (χ1n) is 11.9. The summed E-state index contributed by atoms with van der Waals surface area (Å²) >= 11 is 9.89. The number of benzene rings is 3. The van der Waals surface area contributed by atoms with E-state index >= 15 is 0 Å². The van der Waals surface area contributed by atoms with Gasteiger partial charge in [-0.2, -0.15) is 0 Å². The van der Waals surface area contributed by atoms with Gasteiger partial charge in [0.1, 0.15) is 23.5 Å². The van der Waals surface area contributed by atoms with Crippen molar-refractivity contribution in [2.75, 3.05) is 20.3 Å². The van der Waals surface area contributed by atoms with Crippen molar-refractivity contribution in [3.63, 3.8) is 0 Å². The van der Waals surface area contributed by atoms with Gasteiger partial charge in [0, 0.05) is 35.2 Å². The van der Waals surface area contributed by atoms with Crippen LogP contribution in [0.1, 0.15) is 40.7 Å². The highest BCUT2D eigenvalue weighted by molar-refractivity contribution is 9.10. The predicted molar refractivity (Wildman–Crippen MR) is 144 cm³/mol. The van der Waals surface area contributed by atoms with Crippen LogP contribution < -0.4 is 14.8 Å². The minimum atomic E-state index is -0.475. The second-order valence-corrected chi connectivity index (χ2v) is 9.74. The van der Waals surface area contributed by atoms with Crippen molar-refractivity contribution >= 4 is 39.4 Å². The van der Waals surface area contributed by atoms with Crippen LogP contribution in [0.4, 0.5) is 0 Å². The number of fused-ring (bicyclic) bond motifs is 1. The zero-order chi connectivity index (χ0) is 26.4. The fourth-order valence-corrected chi connectivity index (χ4v) is 4.49. The maximum Gasteiger partial charge on any atom is 0.313 e. The van der Waals surface area contributed by atoms with Crippen LogP contribution in [0.3, 0.4) is 0 Å². The molecule has 1 N–H and O–H groups in total. The number of halogens is 2. The monoisotopic (exact) mass is 587 g/mol. The van der Waals surface area contributed by atoms with E-state index in [1.807, 2.05) is 24.3 Å². The molecule has 0 aromatic heterocycles. The number of hydrogen-bond acceptors (Lipinski definition) is 6. The van der Waals surface area contributed by atoms with E-state index < -0.39 is 12.1 Å². The molecule has 0 saturated heterocycles. The number of methoxy groups -OCH3 is 1. The SMILES string of the molecule is CCOC(=O)C1CCOc2cc(Oc3ccc(C(=O)NC(Cc4ccc(Br)cc4)OC)cc3)c(Cl)cc21. The fourth-order valence-electron chi connectivity index (χ4n) is 4.01. The van der Waals surface area contributed by atoms with Gasteiger partial charge in [0.15, 0.2) is 0 Å². The zero-order valence-electron chi connectivity index (χ0n) is 20.5. The third-order valence-electron chi connectivity index (χ3n) is 5.93. The summed E-state index contributed by atoms with van der Waals surface area (Å²) in [5.41, 5.74) is 2.19. The Bertz CT molecular complexity index is 1250. The summed E-state index contributed by atoms with van der Waals surface area (Å²) in [6.07, 6.45) is 0.586. The highest BCUT2D eigenvalue weighted by atomic mass is 79.9. The Hall–Kier alpha value is -3.07. The molecule has 1 aliphatic heterocycles. The summed E-state index contributed by atoms with van der Waals surface area (Å²) in [6, 6.07) is 17.9. The molecule has 4 rings (SSSR count). The van der Waals surface area contributed by atoms with Gasteiger partial charge in [-0.3, -0.25) is 9.59 Å². The van der Waals surface area contributed by atoms with E-state index in [9.17, 15) is 9.59 Å². The molecule has 37 heavy (non-hydrogen) atoms. The van der Waals surface area contributed by atoms with Gasteiger partial charge in [-0.15, -0.1) is 0 Å². The molecule has 0 fully saturated rings. The molecule has 1 heterocycles. The number of rotatable bonds is 9. The largest absolute Gasteiger partial charge is 0.493 e. The topological polar surface area (TPSA) is 83.1 Å². The van der Waals surface area contributed by atoms with Gasteiger partial charge in [-0.1, -0.05) is 39.7 Å².